The molecule has 1 aromatic carbocycles. The molecule has 0 aliphatic carbocycles. The maximum atomic E-state index is 11.6. The molecule has 0 spiro atoms. The van der Waals surface area contributed by atoms with Crippen molar-refractivity contribution < 1.29 is 14.8 Å². The van der Waals surface area contributed by atoms with E-state index >= 15 is 0 Å². The van der Waals surface area contributed by atoms with Crippen molar-refractivity contribution in [3.05, 3.63) is 38.9 Å². The number of aliphatic carboxylic acids is 1. The fourth-order valence-electron chi connectivity index (χ4n) is 2.61. The van der Waals surface area contributed by atoms with Gasteiger partial charge in [0.1, 0.15) is 0 Å². The molecule has 2 N–H and O–H groups in total. The molecule has 20 heavy (non-hydrogen) atoms. The molecule has 1 heterocycles. The largest absolute Gasteiger partial charge is 0.481 e. The zero-order chi connectivity index (χ0) is 14.8. The first-order valence-electron chi connectivity index (χ1n) is 6.31. The summed E-state index contributed by atoms with van der Waals surface area (Å²) in [7, 11) is 0. The minimum absolute atomic E-state index is 0.0754. The second-order valence-electron chi connectivity index (χ2n) is 5.04. The molecule has 0 saturated carbocycles. The van der Waals surface area contributed by atoms with Crippen LogP contribution >= 0.6 is 11.6 Å². The Hall–Kier alpha value is -1.66. The van der Waals surface area contributed by atoms with Crippen molar-refractivity contribution in [1.29, 1.82) is 0 Å². The smallest absolute Gasteiger partial charge is 0.310 e. The van der Waals surface area contributed by atoms with Gasteiger partial charge >= 0.3 is 5.97 Å². The van der Waals surface area contributed by atoms with Crippen LogP contribution in [0.15, 0.2) is 18.2 Å². The zero-order valence-corrected chi connectivity index (χ0v) is 11.5. The third-order valence-corrected chi connectivity index (χ3v) is 4.02. The summed E-state index contributed by atoms with van der Waals surface area (Å²) in [5.74, 6) is -0.909. The fourth-order valence-corrected chi connectivity index (χ4v) is 2.80. The number of carbonyl (C=O) groups is 1. The Kier molecular flexibility index (Phi) is 4.25. The molecule has 0 atom stereocenters. The summed E-state index contributed by atoms with van der Waals surface area (Å²) in [6.45, 7) is 1.20. The first-order valence-corrected chi connectivity index (χ1v) is 6.69. The van der Waals surface area contributed by atoms with Gasteiger partial charge in [0, 0.05) is 16.7 Å². The van der Waals surface area contributed by atoms with Crippen LogP contribution in [0.3, 0.4) is 0 Å². The number of halogens is 1. The van der Waals surface area contributed by atoms with Crippen LogP contribution in [-0.2, 0) is 11.2 Å². The van der Waals surface area contributed by atoms with Crippen LogP contribution in [-0.4, -0.2) is 29.1 Å². The lowest BCUT2D eigenvalue weighted by Crippen LogP contribution is -2.43. The predicted octanol–water partition coefficient (Wildman–Crippen LogP) is 2.25. The molecular formula is C13H15ClN2O4. The van der Waals surface area contributed by atoms with Gasteiger partial charge in [0.15, 0.2) is 0 Å². The number of rotatable bonds is 4. The highest BCUT2D eigenvalue weighted by molar-refractivity contribution is 6.30. The van der Waals surface area contributed by atoms with Crippen molar-refractivity contribution in [3.63, 3.8) is 0 Å². The summed E-state index contributed by atoms with van der Waals surface area (Å²) >= 11 is 5.88. The van der Waals surface area contributed by atoms with Crippen LogP contribution in [0.4, 0.5) is 5.69 Å². The van der Waals surface area contributed by atoms with Gasteiger partial charge in [-0.2, -0.15) is 0 Å². The quantitative estimate of drug-likeness (QED) is 0.657. The van der Waals surface area contributed by atoms with Gasteiger partial charge in [-0.15, -0.1) is 0 Å². The van der Waals surface area contributed by atoms with E-state index in [1.165, 1.54) is 18.2 Å². The zero-order valence-electron chi connectivity index (χ0n) is 10.8. The van der Waals surface area contributed by atoms with Gasteiger partial charge in [-0.3, -0.25) is 14.9 Å². The third kappa shape index (κ3) is 2.91. The number of nitrogens with zero attached hydrogens (tertiary/aromatic N) is 1. The molecular weight excluding hydrogens is 284 g/mol. The van der Waals surface area contributed by atoms with E-state index in [1.807, 2.05) is 0 Å². The molecule has 1 fully saturated rings. The minimum Gasteiger partial charge on any atom is -0.481 e. The standard InChI is InChI=1S/C13H15ClN2O4/c14-10-1-2-11(16(19)20)9(7-10)8-13(12(17)18)3-5-15-6-4-13/h1-2,7,15H,3-6,8H2,(H,17,18). The van der Waals surface area contributed by atoms with Gasteiger partial charge in [0.25, 0.3) is 5.69 Å². The normalized spacial score (nSPS) is 17.6. The number of hydrogen-bond donors (Lipinski definition) is 2. The van der Waals surface area contributed by atoms with Gasteiger partial charge in [0.2, 0.25) is 0 Å². The highest BCUT2D eigenvalue weighted by Crippen LogP contribution is 2.36. The van der Waals surface area contributed by atoms with E-state index in [2.05, 4.69) is 5.32 Å². The number of carboxylic acid groups (broad SMARTS) is 1. The van der Waals surface area contributed by atoms with E-state index in [1.54, 1.807) is 0 Å². The van der Waals surface area contributed by atoms with E-state index in [4.69, 9.17) is 11.6 Å². The Bertz CT molecular complexity index is 541. The van der Waals surface area contributed by atoms with Crippen LogP contribution < -0.4 is 5.32 Å². The number of piperidine rings is 1. The number of nitrogens with one attached hydrogen (secondary N) is 1. The molecule has 1 saturated heterocycles. The lowest BCUT2D eigenvalue weighted by molar-refractivity contribution is -0.385. The minimum atomic E-state index is -0.958. The van der Waals surface area contributed by atoms with Crippen LogP contribution in [0.5, 0.6) is 0 Å². The molecule has 0 unspecified atom stereocenters. The number of benzene rings is 1. The summed E-state index contributed by atoms with van der Waals surface area (Å²) < 4.78 is 0. The average Bonchev–Trinajstić information content (AvgIpc) is 2.39. The van der Waals surface area contributed by atoms with Gasteiger partial charge in [0.05, 0.1) is 10.3 Å². The highest BCUT2D eigenvalue weighted by Gasteiger charge is 2.41. The van der Waals surface area contributed by atoms with Crippen molar-refractivity contribution in [1.82, 2.24) is 5.32 Å². The summed E-state index contributed by atoms with van der Waals surface area (Å²) in [6.07, 6.45) is 1.03. The van der Waals surface area contributed by atoms with Crippen molar-refractivity contribution >= 4 is 23.3 Å². The van der Waals surface area contributed by atoms with Crippen molar-refractivity contribution in [2.45, 2.75) is 19.3 Å². The Balaban J connectivity index is 2.38. The maximum absolute atomic E-state index is 11.6. The SMILES string of the molecule is O=C(O)C1(Cc2cc(Cl)ccc2[N+](=O)[O-])CCNCC1. The predicted molar refractivity (Wildman–Crippen MR) is 74.0 cm³/mol. The molecule has 0 amide bonds. The van der Waals surface area contributed by atoms with E-state index in [0.29, 0.717) is 36.5 Å². The Morgan fingerprint density at radius 3 is 2.65 bits per heavy atom. The molecule has 1 aliphatic heterocycles. The maximum Gasteiger partial charge on any atom is 0.310 e. The van der Waals surface area contributed by atoms with Gasteiger partial charge in [-0.1, -0.05) is 11.6 Å². The first-order chi connectivity index (χ1) is 9.44. The lowest BCUT2D eigenvalue weighted by Gasteiger charge is -2.33. The van der Waals surface area contributed by atoms with E-state index in [0.717, 1.165) is 0 Å². The highest BCUT2D eigenvalue weighted by atomic mass is 35.5. The van der Waals surface area contributed by atoms with Gasteiger partial charge in [-0.25, -0.2) is 0 Å². The fraction of sp³-hybridized carbons (Fsp3) is 0.462. The number of nitro benzene ring substituents is 1. The molecule has 2 rings (SSSR count). The molecule has 0 aromatic heterocycles. The molecule has 1 aromatic rings. The number of nitro groups is 1. The van der Waals surface area contributed by atoms with Crippen LogP contribution in [0.2, 0.25) is 5.02 Å². The van der Waals surface area contributed by atoms with Crippen molar-refractivity contribution in [3.8, 4) is 0 Å². The topological polar surface area (TPSA) is 92.5 Å². The van der Waals surface area contributed by atoms with Crippen molar-refractivity contribution in [2.75, 3.05) is 13.1 Å². The molecule has 6 nitrogen and oxygen atoms in total. The second kappa shape index (κ2) is 5.76. The molecule has 108 valence electrons. The summed E-state index contributed by atoms with van der Waals surface area (Å²) in [4.78, 5) is 22.2. The monoisotopic (exact) mass is 298 g/mol. The van der Waals surface area contributed by atoms with E-state index in [-0.39, 0.29) is 12.1 Å². The van der Waals surface area contributed by atoms with E-state index < -0.39 is 16.3 Å². The van der Waals surface area contributed by atoms with Gasteiger partial charge in [-0.05, 0) is 44.5 Å². The number of hydrogen-bond acceptors (Lipinski definition) is 4. The first kappa shape index (κ1) is 14.7. The molecule has 0 bridgehead atoms. The summed E-state index contributed by atoms with van der Waals surface area (Å²) in [6, 6.07) is 4.26. The van der Waals surface area contributed by atoms with Crippen LogP contribution in [0.1, 0.15) is 18.4 Å². The molecule has 1 aliphatic rings. The second-order valence-corrected chi connectivity index (χ2v) is 5.48. The third-order valence-electron chi connectivity index (χ3n) is 3.78. The van der Waals surface area contributed by atoms with Crippen LogP contribution in [0, 0.1) is 15.5 Å². The van der Waals surface area contributed by atoms with Crippen molar-refractivity contribution in [2.24, 2.45) is 5.41 Å². The summed E-state index contributed by atoms with van der Waals surface area (Å²) in [5.41, 5.74) is -0.652. The van der Waals surface area contributed by atoms with Crippen LogP contribution in [0.25, 0.3) is 0 Å². The summed E-state index contributed by atoms with van der Waals surface area (Å²) in [5, 5.41) is 24.1. The Labute approximate surface area is 120 Å². The lowest BCUT2D eigenvalue weighted by atomic mass is 9.74. The average molecular weight is 299 g/mol. The Morgan fingerprint density at radius 2 is 2.10 bits per heavy atom. The number of carboxylic acids is 1. The molecule has 7 heteroatoms. The Morgan fingerprint density at radius 1 is 1.45 bits per heavy atom. The van der Waals surface area contributed by atoms with E-state index in [9.17, 15) is 20.0 Å². The molecule has 0 radical (unpaired) electrons. The van der Waals surface area contributed by atoms with Gasteiger partial charge < -0.3 is 10.4 Å².